The van der Waals surface area contributed by atoms with E-state index in [4.69, 9.17) is 0 Å². The van der Waals surface area contributed by atoms with E-state index < -0.39 is 41.2 Å². The maximum Gasteiger partial charge on any atom is 0.323 e. The van der Waals surface area contributed by atoms with Crippen molar-refractivity contribution >= 4 is 11.9 Å². The van der Waals surface area contributed by atoms with Crippen LogP contribution in [0.15, 0.2) is 18.2 Å². The van der Waals surface area contributed by atoms with Crippen molar-refractivity contribution in [2.24, 2.45) is 0 Å². The highest BCUT2D eigenvalue weighted by atomic mass is 19.1. The molecule has 1 amide bonds. The number of carbonyl (C=O) groups is 2. The summed E-state index contributed by atoms with van der Waals surface area (Å²) in [6.07, 6.45) is 2.36. The Morgan fingerprint density at radius 3 is 2.26 bits per heavy atom. The van der Waals surface area contributed by atoms with Gasteiger partial charge >= 0.3 is 5.97 Å². The molecule has 0 aromatic heterocycles. The molecular weight excluding hydrogens is 358 g/mol. The summed E-state index contributed by atoms with van der Waals surface area (Å²) in [5.41, 5.74) is -0.804. The van der Waals surface area contributed by atoms with Gasteiger partial charge in [0, 0.05) is 19.5 Å². The van der Waals surface area contributed by atoms with Crippen molar-refractivity contribution in [3.05, 3.63) is 35.4 Å². The number of halogens is 2. The number of carboxylic acid groups (broad SMARTS) is 1. The Kier molecular flexibility index (Phi) is 7.26. The summed E-state index contributed by atoms with van der Waals surface area (Å²) in [6, 6.07) is 2.20. The molecule has 4 N–H and O–H groups in total. The first-order chi connectivity index (χ1) is 12.7. The summed E-state index contributed by atoms with van der Waals surface area (Å²) in [7, 11) is 0. The molecular formula is C19H26F2N2O4. The third-order valence-corrected chi connectivity index (χ3v) is 5.00. The summed E-state index contributed by atoms with van der Waals surface area (Å²) in [5, 5.41) is 25.6. The number of carbonyl (C=O) groups excluding carboxylic acids is 1. The van der Waals surface area contributed by atoms with Crippen molar-refractivity contribution in [3.63, 3.8) is 0 Å². The molecule has 8 heteroatoms. The number of nitrogens with one attached hydrogen (secondary N) is 2. The van der Waals surface area contributed by atoms with E-state index in [0.717, 1.165) is 37.5 Å². The molecule has 6 nitrogen and oxygen atoms in total. The number of β-amino-alcohol motifs (C(OH)–C–C–N with tert-alkyl or cyclic N) is 1. The van der Waals surface area contributed by atoms with Gasteiger partial charge in [-0.15, -0.1) is 0 Å². The molecule has 0 heterocycles. The fourth-order valence-corrected chi connectivity index (χ4v) is 3.59. The molecule has 1 aromatic carbocycles. The Labute approximate surface area is 157 Å². The van der Waals surface area contributed by atoms with Crippen LogP contribution in [0.4, 0.5) is 8.78 Å². The maximum absolute atomic E-state index is 13.4. The number of aliphatic hydroxyl groups excluding tert-OH is 1. The molecule has 1 aromatic rings. The molecule has 0 saturated heterocycles. The van der Waals surface area contributed by atoms with E-state index in [0.29, 0.717) is 12.8 Å². The van der Waals surface area contributed by atoms with Crippen molar-refractivity contribution in [1.82, 2.24) is 10.6 Å². The lowest BCUT2D eigenvalue weighted by atomic mass is 9.81. The average Bonchev–Trinajstić information content (AvgIpc) is 2.58. The molecule has 2 rings (SSSR count). The first-order valence-electron chi connectivity index (χ1n) is 9.10. The normalized spacial score (nSPS) is 18.5. The van der Waals surface area contributed by atoms with Crippen LogP contribution in [-0.4, -0.2) is 46.3 Å². The van der Waals surface area contributed by atoms with Gasteiger partial charge in [-0.05, 0) is 37.0 Å². The average molecular weight is 384 g/mol. The van der Waals surface area contributed by atoms with Crippen LogP contribution in [0.3, 0.4) is 0 Å². The van der Waals surface area contributed by atoms with Crippen LogP contribution in [0.5, 0.6) is 0 Å². The first-order valence-corrected chi connectivity index (χ1v) is 9.10. The molecule has 150 valence electrons. The monoisotopic (exact) mass is 384 g/mol. The van der Waals surface area contributed by atoms with E-state index in [9.17, 15) is 28.6 Å². The number of carboxylic acids is 1. The Hall–Kier alpha value is -2.06. The SMILES string of the molecule is CC(=O)NC(Cc1cc(F)cc(F)c1)C(O)CNC1(C(=O)O)CCCCC1. The number of aliphatic carboxylic acids is 1. The molecule has 1 aliphatic carbocycles. The minimum Gasteiger partial charge on any atom is -0.480 e. The number of rotatable bonds is 8. The van der Waals surface area contributed by atoms with E-state index in [-0.39, 0.29) is 18.5 Å². The highest BCUT2D eigenvalue weighted by molar-refractivity contribution is 5.79. The smallest absolute Gasteiger partial charge is 0.323 e. The van der Waals surface area contributed by atoms with Crippen LogP contribution >= 0.6 is 0 Å². The van der Waals surface area contributed by atoms with Gasteiger partial charge in [0.1, 0.15) is 17.2 Å². The summed E-state index contributed by atoms with van der Waals surface area (Å²) in [6.45, 7) is 1.22. The van der Waals surface area contributed by atoms with Crippen LogP contribution in [0.2, 0.25) is 0 Å². The van der Waals surface area contributed by atoms with Crippen LogP contribution in [0.1, 0.15) is 44.6 Å². The van der Waals surface area contributed by atoms with E-state index >= 15 is 0 Å². The first kappa shape index (κ1) is 21.2. The number of aliphatic hydroxyl groups is 1. The zero-order valence-corrected chi connectivity index (χ0v) is 15.3. The maximum atomic E-state index is 13.4. The van der Waals surface area contributed by atoms with Crippen molar-refractivity contribution in [2.45, 2.75) is 63.1 Å². The third kappa shape index (κ3) is 5.97. The largest absolute Gasteiger partial charge is 0.480 e. The fraction of sp³-hybridized carbons (Fsp3) is 0.579. The Morgan fingerprint density at radius 1 is 1.15 bits per heavy atom. The van der Waals surface area contributed by atoms with Crippen LogP contribution in [0, 0.1) is 11.6 Å². The molecule has 27 heavy (non-hydrogen) atoms. The summed E-state index contributed by atoms with van der Waals surface area (Å²) in [5.74, 6) is -2.85. The van der Waals surface area contributed by atoms with Gasteiger partial charge in [-0.25, -0.2) is 8.78 Å². The minimum absolute atomic E-state index is 0.0111. The number of amides is 1. The number of benzene rings is 1. The van der Waals surface area contributed by atoms with Crippen molar-refractivity contribution < 1.29 is 28.6 Å². The van der Waals surface area contributed by atoms with Crippen LogP contribution in [-0.2, 0) is 16.0 Å². The van der Waals surface area contributed by atoms with Gasteiger partial charge in [0.2, 0.25) is 5.91 Å². The standard InChI is InChI=1S/C19H26F2N2O4/c1-12(24)23-16(9-13-7-14(20)10-15(21)8-13)17(25)11-22-19(18(26)27)5-3-2-4-6-19/h7-8,10,16-17,22,25H,2-6,9,11H2,1H3,(H,23,24)(H,26,27). The summed E-state index contributed by atoms with van der Waals surface area (Å²) in [4.78, 5) is 23.2. The number of hydrogen-bond donors (Lipinski definition) is 4. The molecule has 1 fully saturated rings. The summed E-state index contributed by atoms with van der Waals surface area (Å²) >= 11 is 0. The molecule has 2 atom stereocenters. The van der Waals surface area contributed by atoms with E-state index in [2.05, 4.69) is 10.6 Å². The molecule has 2 unspecified atom stereocenters. The van der Waals surface area contributed by atoms with Gasteiger partial charge < -0.3 is 15.5 Å². The zero-order valence-electron chi connectivity index (χ0n) is 15.3. The van der Waals surface area contributed by atoms with Gasteiger partial charge in [0.05, 0.1) is 12.1 Å². The topological polar surface area (TPSA) is 98.7 Å². The zero-order chi connectivity index (χ0) is 20.0. The van der Waals surface area contributed by atoms with Gasteiger partial charge in [-0.3, -0.25) is 14.9 Å². The van der Waals surface area contributed by atoms with Crippen LogP contribution in [0.25, 0.3) is 0 Å². The second-order valence-electron chi connectivity index (χ2n) is 7.19. The van der Waals surface area contributed by atoms with Gasteiger partial charge in [-0.1, -0.05) is 19.3 Å². The van der Waals surface area contributed by atoms with E-state index in [1.807, 2.05) is 0 Å². The number of hydrogen-bond acceptors (Lipinski definition) is 4. The van der Waals surface area contributed by atoms with Crippen molar-refractivity contribution in [2.75, 3.05) is 6.54 Å². The lowest BCUT2D eigenvalue weighted by molar-refractivity contribution is -0.146. The van der Waals surface area contributed by atoms with E-state index in [1.165, 1.54) is 6.92 Å². The molecule has 0 aliphatic heterocycles. The lowest BCUT2D eigenvalue weighted by Crippen LogP contribution is -2.58. The Bertz CT molecular complexity index is 657. The second-order valence-corrected chi connectivity index (χ2v) is 7.19. The Morgan fingerprint density at radius 2 is 1.74 bits per heavy atom. The quantitative estimate of drug-likeness (QED) is 0.547. The molecule has 1 saturated carbocycles. The van der Waals surface area contributed by atoms with Gasteiger partial charge in [-0.2, -0.15) is 0 Å². The van der Waals surface area contributed by atoms with Crippen LogP contribution < -0.4 is 10.6 Å². The second kappa shape index (κ2) is 9.23. The molecule has 1 aliphatic rings. The highest BCUT2D eigenvalue weighted by Gasteiger charge is 2.39. The molecule has 0 radical (unpaired) electrons. The summed E-state index contributed by atoms with van der Waals surface area (Å²) < 4.78 is 26.8. The predicted octanol–water partition coefficient (Wildman–Crippen LogP) is 1.75. The van der Waals surface area contributed by atoms with Gasteiger partial charge in [0.25, 0.3) is 0 Å². The fourth-order valence-electron chi connectivity index (χ4n) is 3.59. The molecule has 0 bridgehead atoms. The highest BCUT2D eigenvalue weighted by Crippen LogP contribution is 2.28. The molecule has 0 spiro atoms. The third-order valence-electron chi connectivity index (χ3n) is 5.00. The van der Waals surface area contributed by atoms with Gasteiger partial charge in [0.15, 0.2) is 0 Å². The van der Waals surface area contributed by atoms with E-state index in [1.54, 1.807) is 0 Å². The Balaban J connectivity index is 2.08. The lowest BCUT2D eigenvalue weighted by Gasteiger charge is -2.36. The van der Waals surface area contributed by atoms with Crippen molar-refractivity contribution in [1.29, 1.82) is 0 Å². The van der Waals surface area contributed by atoms with Crippen molar-refractivity contribution in [3.8, 4) is 0 Å². The predicted molar refractivity (Wildman–Crippen MR) is 95.1 cm³/mol. The minimum atomic E-state index is -1.13.